The first-order valence-electron chi connectivity index (χ1n) is 16.6. The molecule has 0 aromatic heterocycles. The average Bonchev–Trinajstić information content (AvgIpc) is 3.04. The number of alkyl halides is 3. The topological polar surface area (TPSA) is 101 Å². The van der Waals surface area contributed by atoms with E-state index in [2.05, 4.69) is 0 Å². The van der Waals surface area contributed by atoms with Gasteiger partial charge in [-0.25, -0.2) is 8.42 Å². The SMILES string of the molecule is O=S(=O)([O-])c1c(C(F)(F)F)cc(OS(=O)(=O)c2c(C3CCCCC3)cc(C3CCCCC3)cc2C2CCCCC2)c2ccccc12. The Kier molecular flexibility index (Phi) is 9.48. The van der Waals surface area contributed by atoms with Gasteiger partial charge in [-0.2, -0.15) is 21.6 Å². The molecule has 6 nitrogen and oxygen atoms in total. The predicted molar refractivity (Wildman–Crippen MR) is 169 cm³/mol. The van der Waals surface area contributed by atoms with E-state index in [0.717, 1.165) is 102 Å². The maximum absolute atomic E-state index is 14.6. The van der Waals surface area contributed by atoms with E-state index in [9.17, 15) is 34.6 Å². The fraction of sp³-hybridized carbons (Fsp3) is 0.543. The molecule has 46 heavy (non-hydrogen) atoms. The summed E-state index contributed by atoms with van der Waals surface area (Å²) in [5.41, 5.74) is 0.790. The standard InChI is InChI=1S/C35H41F3O6S2/c36-35(37,38)31-22-32(27-18-10-11-19-28(27)34(31)45(39,40)41)44-46(42,43)33-29(24-14-6-2-7-15-24)20-26(23-12-4-1-5-13-23)21-30(33)25-16-8-3-9-17-25/h10-11,18-25H,1-9,12-17H2,(H,39,40,41)/p-1. The van der Waals surface area contributed by atoms with Gasteiger partial charge in [0.25, 0.3) is 0 Å². The van der Waals surface area contributed by atoms with Gasteiger partial charge in [0.1, 0.15) is 15.0 Å². The lowest BCUT2D eigenvalue weighted by Gasteiger charge is -2.32. The molecule has 3 aliphatic rings. The Bertz CT molecular complexity index is 1760. The zero-order valence-corrected chi connectivity index (χ0v) is 27.4. The number of hydrogen-bond donors (Lipinski definition) is 0. The van der Waals surface area contributed by atoms with Gasteiger partial charge in [0.15, 0.2) is 5.75 Å². The third kappa shape index (κ3) is 6.83. The van der Waals surface area contributed by atoms with Gasteiger partial charge in [-0.15, -0.1) is 0 Å². The van der Waals surface area contributed by atoms with E-state index in [1.807, 2.05) is 12.1 Å². The molecule has 0 spiro atoms. The van der Waals surface area contributed by atoms with E-state index in [0.29, 0.717) is 23.1 Å². The highest BCUT2D eigenvalue weighted by atomic mass is 32.2. The van der Waals surface area contributed by atoms with E-state index in [1.165, 1.54) is 24.6 Å². The van der Waals surface area contributed by atoms with Gasteiger partial charge in [-0.3, -0.25) is 0 Å². The van der Waals surface area contributed by atoms with Gasteiger partial charge in [0.2, 0.25) is 0 Å². The summed E-state index contributed by atoms with van der Waals surface area (Å²) in [7, 11) is -10.3. The highest BCUT2D eigenvalue weighted by molar-refractivity contribution is 7.87. The molecule has 250 valence electrons. The monoisotopic (exact) mass is 677 g/mol. The highest BCUT2D eigenvalue weighted by Crippen LogP contribution is 2.48. The van der Waals surface area contributed by atoms with Crippen molar-refractivity contribution in [1.82, 2.24) is 0 Å². The molecule has 3 fully saturated rings. The van der Waals surface area contributed by atoms with Crippen LogP contribution in [0.1, 0.15) is 136 Å². The van der Waals surface area contributed by atoms with Crippen LogP contribution >= 0.6 is 0 Å². The minimum Gasteiger partial charge on any atom is -0.744 e. The molecule has 0 saturated heterocycles. The molecule has 3 aliphatic carbocycles. The van der Waals surface area contributed by atoms with Crippen LogP contribution in [-0.2, 0) is 26.4 Å². The van der Waals surface area contributed by atoms with Crippen molar-refractivity contribution < 1.29 is 38.7 Å². The quantitative estimate of drug-likeness (QED) is 0.182. The summed E-state index contributed by atoms with van der Waals surface area (Å²) in [6.45, 7) is 0. The van der Waals surface area contributed by atoms with Crippen LogP contribution in [0.3, 0.4) is 0 Å². The lowest BCUT2D eigenvalue weighted by molar-refractivity contribution is -0.139. The number of fused-ring (bicyclic) bond motifs is 1. The third-order valence-electron chi connectivity index (χ3n) is 10.3. The van der Waals surface area contributed by atoms with Gasteiger partial charge in [-0.05, 0) is 79.0 Å². The Labute approximate surface area is 269 Å². The summed E-state index contributed by atoms with van der Waals surface area (Å²) in [6, 6.07) is 9.49. The molecule has 0 radical (unpaired) electrons. The predicted octanol–water partition coefficient (Wildman–Crippen LogP) is 9.67. The minimum absolute atomic E-state index is 0.0246. The maximum atomic E-state index is 14.6. The van der Waals surface area contributed by atoms with Crippen molar-refractivity contribution in [2.24, 2.45) is 0 Å². The molecule has 3 aromatic rings. The van der Waals surface area contributed by atoms with Crippen LogP contribution in [0.2, 0.25) is 0 Å². The van der Waals surface area contributed by atoms with Gasteiger partial charge in [0, 0.05) is 10.8 Å². The molecule has 3 saturated carbocycles. The largest absolute Gasteiger partial charge is 0.744 e. The first-order chi connectivity index (χ1) is 21.8. The van der Waals surface area contributed by atoms with Crippen LogP contribution in [-0.4, -0.2) is 21.4 Å². The van der Waals surface area contributed by atoms with E-state index in [-0.39, 0.29) is 22.1 Å². The molecule has 0 unspecified atom stereocenters. The summed E-state index contributed by atoms with van der Waals surface area (Å²) in [4.78, 5) is -1.38. The molecule has 0 N–H and O–H groups in total. The summed E-state index contributed by atoms with van der Waals surface area (Å²) in [6.07, 6.45) is 9.48. The van der Waals surface area contributed by atoms with Crippen LogP contribution < -0.4 is 4.18 Å². The van der Waals surface area contributed by atoms with E-state index >= 15 is 0 Å². The maximum Gasteiger partial charge on any atom is 0.417 e. The molecule has 0 bridgehead atoms. The van der Waals surface area contributed by atoms with Crippen molar-refractivity contribution in [3.63, 3.8) is 0 Å². The van der Waals surface area contributed by atoms with Gasteiger partial charge in [0.05, 0.1) is 10.5 Å². The van der Waals surface area contributed by atoms with Crippen molar-refractivity contribution in [1.29, 1.82) is 0 Å². The van der Waals surface area contributed by atoms with Crippen LogP contribution in [0.15, 0.2) is 52.3 Å². The van der Waals surface area contributed by atoms with Gasteiger partial charge in [-0.1, -0.05) is 94.2 Å². The Morgan fingerprint density at radius 2 is 1.09 bits per heavy atom. The zero-order valence-electron chi connectivity index (χ0n) is 25.8. The summed E-state index contributed by atoms with van der Waals surface area (Å²) >= 11 is 0. The average molecular weight is 678 g/mol. The van der Waals surface area contributed by atoms with Crippen molar-refractivity contribution in [3.05, 3.63) is 64.7 Å². The normalized spacial score (nSPS) is 19.8. The summed E-state index contributed by atoms with van der Waals surface area (Å²) in [5.74, 6) is -0.376. The van der Waals surface area contributed by atoms with Crippen LogP contribution in [0, 0.1) is 0 Å². The van der Waals surface area contributed by atoms with Crippen molar-refractivity contribution >= 4 is 31.0 Å². The van der Waals surface area contributed by atoms with Gasteiger partial charge < -0.3 is 8.74 Å². The molecule has 6 rings (SSSR count). The second-order valence-electron chi connectivity index (χ2n) is 13.3. The van der Waals surface area contributed by atoms with E-state index < -0.39 is 48.0 Å². The minimum atomic E-state index is -5.59. The third-order valence-corrected chi connectivity index (χ3v) is 12.6. The lowest BCUT2D eigenvalue weighted by Crippen LogP contribution is -2.22. The molecular weight excluding hydrogens is 638 g/mol. The molecule has 0 atom stereocenters. The molecule has 0 amide bonds. The van der Waals surface area contributed by atoms with Crippen molar-refractivity contribution in [2.75, 3.05) is 0 Å². The van der Waals surface area contributed by atoms with E-state index in [4.69, 9.17) is 4.18 Å². The molecule has 3 aromatic carbocycles. The Morgan fingerprint density at radius 1 is 0.630 bits per heavy atom. The second kappa shape index (κ2) is 13.1. The number of rotatable bonds is 7. The Hall–Kier alpha value is -2.63. The second-order valence-corrected chi connectivity index (χ2v) is 16.1. The van der Waals surface area contributed by atoms with Crippen LogP contribution in [0.25, 0.3) is 10.8 Å². The molecule has 0 aliphatic heterocycles. The van der Waals surface area contributed by atoms with Crippen molar-refractivity contribution in [2.45, 2.75) is 130 Å². The van der Waals surface area contributed by atoms with Crippen molar-refractivity contribution in [3.8, 4) is 5.75 Å². The number of hydrogen-bond acceptors (Lipinski definition) is 6. The summed E-state index contributed by atoms with van der Waals surface area (Å²) in [5, 5.41) is -0.740. The first kappa shape index (κ1) is 33.3. The van der Waals surface area contributed by atoms with Crippen LogP contribution in [0.4, 0.5) is 13.2 Å². The fourth-order valence-electron chi connectivity index (χ4n) is 8.12. The lowest BCUT2D eigenvalue weighted by atomic mass is 9.76. The molecule has 11 heteroatoms. The number of benzene rings is 3. The first-order valence-corrected chi connectivity index (χ1v) is 19.4. The summed E-state index contributed by atoms with van der Waals surface area (Å²) < 4.78 is 114. The van der Waals surface area contributed by atoms with Crippen LogP contribution in [0.5, 0.6) is 5.75 Å². The van der Waals surface area contributed by atoms with Gasteiger partial charge >= 0.3 is 16.3 Å². The van der Waals surface area contributed by atoms with E-state index in [1.54, 1.807) is 0 Å². The highest BCUT2D eigenvalue weighted by Gasteiger charge is 2.39. The zero-order chi connectivity index (χ0) is 32.7. The Balaban J connectivity index is 1.57. The molecular formula is C35H40F3O6S2-. The Morgan fingerprint density at radius 3 is 1.54 bits per heavy atom. The molecule has 0 heterocycles. The number of halogens is 3. The smallest absolute Gasteiger partial charge is 0.417 e. The fourth-order valence-corrected chi connectivity index (χ4v) is 10.5.